The summed E-state index contributed by atoms with van der Waals surface area (Å²) in [4.78, 5) is 13.7. The fourth-order valence-corrected chi connectivity index (χ4v) is 3.19. The summed E-state index contributed by atoms with van der Waals surface area (Å²) in [7, 11) is 0. The van der Waals surface area contributed by atoms with Crippen molar-refractivity contribution in [2.75, 3.05) is 0 Å². The molecular formula is C18H20OS. The van der Waals surface area contributed by atoms with Crippen LogP contribution >= 0.6 is 11.8 Å². The molecule has 0 saturated carbocycles. The molecule has 2 rings (SSSR count). The van der Waals surface area contributed by atoms with Crippen LogP contribution in [0.1, 0.15) is 34.8 Å². The average molecular weight is 284 g/mol. The monoisotopic (exact) mass is 284 g/mol. The van der Waals surface area contributed by atoms with Crippen molar-refractivity contribution in [2.45, 2.75) is 37.3 Å². The van der Waals surface area contributed by atoms with E-state index in [0.29, 0.717) is 0 Å². The summed E-state index contributed by atoms with van der Waals surface area (Å²) in [6.45, 7) is 6.29. The number of rotatable bonds is 5. The van der Waals surface area contributed by atoms with Gasteiger partial charge in [-0.2, -0.15) is 0 Å². The molecule has 1 unspecified atom stereocenters. The lowest BCUT2D eigenvalue weighted by Crippen LogP contribution is -2.16. The minimum Gasteiger partial charge on any atom is -0.293 e. The molecule has 0 aliphatic heterocycles. The van der Waals surface area contributed by atoms with Gasteiger partial charge in [0, 0.05) is 10.5 Å². The number of hydrogen-bond acceptors (Lipinski definition) is 2. The molecule has 0 amide bonds. The Labute approximate surface area is 125 Å². The highest BCUT2D eigenvalue weighted by Crippen LogP contribution is 2.29. The van der Waals surface area contributed by atoms with Crippen LogP contribution in [0.5, 0.6) is 0 Å². The molecule has 104 valence electrons. The van der Waals surface area contributed by atoms with Crippen LogP contribution in [0.15, 0.2) is 53.4 Å². The molecule has 0 aromatic heterocycles. The molecule has 0 N–H and O–H groups in total. The summed E-state index contributed by atoms with van der Waals surface area (Å²) in [5, 5.41) is -0.0143. The first-order valence-electron chi connectivity index (χ1n) is 6.95. The lowest BCUT2D eigenvalue weighted by molar-refractivity contribution is 0.0988. The van der Waals surface area contributed by atoms with Crippen LogP contribution in [0.4, 0.5) is 0 Å². The summed E-state index contributed by atoms with van der Waals surface area (Å²) in [6, 6.07) is 16.0. The Morgan fingerprint density at radius 1 is 1.05 bits per heavy atom. The van der Waals surface area contributed by atoms with Crippen LogP contribution in [-0.2, 0) is 0 Å². The SMILES string of the molecule is CCC(Sc1ccc(C)c(C)c1)C(=O)c1ccccc1. The minimum atomic E-state index is -0.0143. The molecule has 1 nitrogen and oxygen atoms in total. The van der Waals surface area contributed by atoms with Crippen LogP contribution in [0.3, 0.4) is 0 Å². The van der Waals surface area contributed by atoms with Gasteiger partial charge in [0.2, 0.25) is 0 Å². The molecule has 0 fully saturated rings. The number of aryl methyl sites for hydroxylation is 2. The van der Waals surface area contributed by atoms with Crippen molar-refractivity contribution in [1.29, 1.82) is 0 Å². The first-order valence-corrected chi connectivity index (χ1v) is 7.83. The second-order valence-electron chi connectivity index (χ2n) is 4.99. The lowest BCUT2D eigenvalue weighted by atomic mass is 10.1. The van der Waals surface area contributed by atoms with Gasteiger partial charge in [-0.3, -0.25) is 4.79 Å². The third-order valence-electron chi connectivity index (χ3n) is 3.48. The summed E-state index contributed by atoms with van der Waals surface area (Å²) < 4.78 is 0. The standard InChI is InChI=1S/C18H20OS/c1-4-17(18(19)15-8-6-5-7-9-15)20-16-11-10-13(2)14(3)12-16/h5-12,17H,4H2,1-3H3. The van der Waals surface area contributed by atoms with Gasteiger partial charge in [0.1, 0.15) is 0 Å². The number of thioether (sulfide) groups is 1. The van der Waals surface area contributed by atoms with Crippen molar-refractivity contribution in [1.82, 2.24) is 0 Å². The van der Waals surface area contributed by atoms with Crippen LogP contribution < -0.4 is 0 Å². The van der Waals surface area contributed by atoms with E-state index in [1.54, 1.807) is 11.8 Å². The predicted molar refractivity (Wildman–Crippen MR) is 86.6 cm³/mol. The Hall–Kier alpha value is -1.54. The molecule has 20 heavy (non-hydrogen) atoms. The number of hydrogen-bond donors (Lipinski definition) is 0. The van der Waals surface area contributed by atoms with Gasteiger partial charge in [-0.05, 0) is 43.5 Å². The minimum absolute atomic E-state index is 0.0143. The number of carbonyl (C=O) groups is 1. The van der Waals surface area contributed by atoms with E-state index in [1.165, 1.54) is 16.0 Å². The van der Waals surface area contributed by atoms with Gasteiger partial charge in [0.15, 0.2) is 5.78 Å². The number of Topliss-reactive ketones (excluding diaryl/α,β-unsaturated/α-hetero) is 1. The zero-order valence-corrected chi connectivity index (χ0v) is 13.0. The second-order valence-corrected chi connectivity index (χ2v) is 6.27. The summed E-state index contributed by atoms with van der Waals surface area (Å²) in [5.41, 5.74) is 3.37. The lowest BCUT2D eigenvalue weighted by Gasteiger charge is -2.14. The topological polar surface area (TPSA) is 17.1 Å². The van der Waals surface area contributed by atoms with E-state index in [1.807, 2.05) is 30.3 Å². The average Bonchev–Trinajstić information content (AvgIpc) is 2.48. The Bertz CT molecular complexity index is 590. The Morgan fingerprint density at radius 3 is 2.35 bits per heavy atom. The maximum atomic E-state index is 12.5. The molecule has 0 aliphatic rings. The summed E-state index contributed by atoms with van der Waals surface area (Å²) in [5.74, 6) is 0.219. The van der Waals surface area contributed by atoms with E-state index in [2.05, 4.69) is 39.0 Å². The molecule has 2 heteroatoms. The van der Waals surface area contributed by atoms with E-state index in [-0.39, 0.29) is 11.0 Å². The Balaban J connectivity index is 2.16. The molecule has 0 saturated heterocycles. The van der Waals surface area contributed by atoms with Crippen LogP contribution in [0, 0.1) is 13.8 Å². The van der Waals surface area contributed by atoms with Crippen LogP contribution in [0.2, 0.25) is 0 Å². The largest absolute Gasteiger partial charge is 0.293 e. The maximum absolute atomic E-state index is 12.5. The van der Waals surface area contributed by atoms with E-state index >= 15 is 0 Å². The van der Waals surface area contributed by atoms with Crippen molar-refractivity contribution < 1.29 is 4.79 Å². The highest BCUT2D eigenvalue weighted by molar-refractivity contribution is 8.00. The number of benzene rings is 2. The van der Waals surface area contributed by atoms with Crippen LogP contribution in [0.25, 0.3) is 0 Å². The van der Waals surface area contributed by atoms with Gasteiger partial charge < -0.3 is 0 Å². The van der Waals surface area contributed by atoms with E-state index in [0.717, 1.165) is 12.0 Å². The summed E-state index contributed by atoms with van der Waals surface area (Å²) in [6.07, 6.45) is 0.839. The Morgan fingerprint density at radius 2 is 1.75 bits per heavy atom. The van der Waals surface area contributed by atoms with Gasteiger partial charge in [0.25, 0.3) is 0 Å². The van der Waals surface area contributed by atoms with Crippen LogP contribution in [-0.4, -0.2) is 11.0 Å². The van der Waals surface area contributed by atoms with Crippen molar-refractivity contribution in [3.63, 3.8) is 0 Å². The molecule has 1 atom stereocenters. The molecule has 0 radical (unpaired) electrons. The molecule has 2 aromatic rings. The fourth-order valence-electron chi connectivity index (χ4n) is 2.06. The van der Waals surface area contributed by atoms with Crippen molar-refractivity contribution in [3.8, 4) is 0 Å². The highest BCUT2D eigenvalue weighted by Gasteiger charge is 2.19. The van der Waals surface area contributed by atoms with Gasteiger partial charge in [-0.1, -0.05) is 43.3 Å². The third-order valence-corrected chi connectivity index (χ3v) is 4.84. The fraction of sp³-hybridized carbons (Fsp3) is 0.278. The zero-order valence-electron chi connectivity index (χ0n) is 12.2. The first kappa shape index (κ1) is 14.9. The second kappa shape index (κ2) is 6.76. The molecule has 0 spiro atoms. The van der Waals surface area contributed by atoms with Crippen molar-refractivity contribution in [3.05, 3.63) is 65.2 Å². The first-order chi connectivity index (χ1) is 9.61. The molecule has 0 heterocycles. The number of ketones is 1. The van der Waals surface area contributed by atoms with Crippen molar-refractivity contribution in [2.24, 2.45) is 0 Å². The molecule has 2 aromatic carbocycles. The van der Waals surface area contributed by atoms with E-state index in [9.17, 15) is 4.79 Å². The smallest absolute Gasteiger partial charge is 0.176 e. The maximum Gasteiger partial charge on any atom is 0.176 e. The van der Waals surface area contributed by atoms with E-state index in [4.69, 9.17) is 0 Å². The zero-order chi connectivity index (χ0) is 14.5. The molecular weight excluding hydrogens is 264 g/mol. The van der Waals surface area contributed by atoms with Gasteiger partial charge in [0.05, 0.1) is 5.25 Å². The number of carbonyl (C=O) groups excluding carboxylic acids is 1. The Kier molecular flexibility index (Phi) is 5.02. The van der Waals surface area contributed by atoms with Gasteiger partial charge in [-0.15, -0.1) is 11.8 Å². The highest BCUT2D eigenvalue weighted by atomic mass is 32.2. The van der Waals surface area contributed by atoms with Crippen molar-refractivity contribution >= 4 is 17.5 Å². The predicted octanol–water partition coefficient (Wildman–Crippen LogP) is 5.06. The third kappa shape index (κ3) is 3.51. The summed E-state index contributed by atoms with van der Waals surface area (Å²) >= 11 is 1.66. The molecule has 0 aliphatic carbocycles. The van der Waals surface area contributed by atoms with Gasteiger partial charge >= 0.3 is 0 Å². The quantitative estimate of drug-likeness (QED) is 0.564. The normalized spacial score (nSPS) is 12.2. The molecule has 0 bridgehead atoms. The van der Waals surface area contributed by atoms with Gasteiger partial charge in [-0.25, -0.2) is 0 Å². The van der Waals surface area contributed by atoms with E-state index < -0.39 is 0 Å².